The number of ether oxygens (including phenoxy) is 1. The Hall–Kier alpha value is -1.20. The average Bonchev–Trinajstić information content (AvgIpc) is 2.96. The van der Waals surface area contributed by atoms with Crippen LogP contribution < -0.4 is 0 Å². The van der Waals surface area contributed by atoms with Crippen molar-refractivity contribution in [3.63, 3.8) is 0 Å². The maximum atomic E-state index is 13.1. The monoisotopic (exact) mass is 376 g/mol. The van der Waals surface area contributed by atoms with Crippen LogP contribution in [0.25, 0.3) is 0 Å². The Kier molecular flexibility index (Phi) is 4.18. The molecule has 5 heteroatoms. The molecular weight excluding hydrogens is 344 g/mol. The van der Waals surface area contributed by atoms with Crippen molar-refractivity contribution in [2.45, 2.75) is 65.4 Å². The van der Waals surface area contributed by atoms with E-state index in [0.29, 0.717) is 12.8 Å². The number of allylic oxidation sites excluding steroid dienone is 1. The Morgan fingerprint density at radius 2 is 1.89 bits per heavy atom. The maximum absolute atomic E-state index is 13.1. The van der Waals surface area contributed by atoms with Crippen LogP contribution >= 0.6 is 0 Å². The number of ketones is 1. The van der Waals surface area contributed by atoms with E-state index >= 15 is 0 Å². The summed E-state index contributed by atoms with van der Waals surface area (Å²) in [7, 11) is 0. The van der Waals surface area contributed by atoms with E-state index in [1.54, 1.807) is 0 Å². The highest BCUT2D eigenvalue weighted by atomic mass is 16.5. The Morgan fingerprint density at radius 3 is 2.52 bits per heavy atom. The van der Waals surface area contributed by atoms with Gasteiger partial charge >= 0.3 is 5.97 Å². The summed E-state index contributed by atoms with van der Waals surface area (Å²) in [5.74, 6) is 0.109. The molecule has 0 saturated heterocycles. The van der Waals surface area contributed by atoms with Crippen LogP contribution in [0.15, 0.2) is 12.2 Å². The van der Waals surface area contributed by atoms with Crippen molar-refractivity contribution in [1.82, 2.24) is 0 Å². The van der Waals surface area contributed by atoms with Crippen LogP contribution in [0.5, 0.6) is 0 Å². The molecule has 2 N–H and O–H groups in total. The lowest BCUT2D eigenvalue weighted by atomic mass is 9.39. The molecule has 0 aliphatic heterocycles. The zero-order valence-electron chi connectivity index (χ0n) is 16.7. The van der Waals surface area contributed by atoms with Crippen LogP contribution in [-0.2, 0) is 14.3 Å². The normalized spacial score (nSPS) is 50.9. The minimum absolute atomic E-state index is 0.0743. The number of rotatable bonds is 3. The van der Waals surface area contributed by atoms with Crippen LogP contribution in [0, 0.1) is 33.5 Å². The summed E-state index contributed by atoms with van der Waals surface area (Å²) in [6, 6.07) is 0. The van der Waals surface area contributed by atoms with Crippen molar-refractivity contribution in [1.29, 1.82) is 0 Å². The lowest BCUT2D eigenvalue weighted by Crippen LogP contribution is -2.64. The van der Waals surface area contributed by atoms with Gasteiger partial charge in [-0.25, -0.2) is 0 Å². The van der Waals surface area contributed by atoms with Crippen molar-refractivity contribution in [2.24, 2.45) is 33.5 Å². The van der Waals surface area contributed by atoms with E-state index in [2.05, 4.69) is 19.9 Å². The molecule has 0 unspecified atom stereocenters. The highest BCUT2D eigenvalue weighted by Gasteiger charge is 2.69. The summed E-state index contributed by atoms with van der Waals surface area (Å²) in [5.41, 5.74) is -1.41. The summed E-state index contributed by atoms with van der Waals surface area (Å²) in [5, 5.41) is 20.1. The van der Waals surface area contributed by atoms with Crippen LogP contribution in [0.3, 0.4) is 0 Å². The van der Waals surface area contributed by atoms with Gasteiger partial charge in [0.15, 0.2) is 0 Å². The van der Waals surface area contributed by atoms with Crippen molar-refractivity contribution in [2.75, 3.05) is 13.2 Å². The van der Waals surface area contributed by atoms with Gasteiger partial charge in [0.2, 0.25) is 0 Å². The first kappa shape index (κ1) is 19.1. The predicted molar refractivity (Wildman–Crippen MR) is 99.6 cm³/mol. The molecule has 0 radical (unpaired) electrons. The van der Waals surface area contributed by atoms with E-state index < -0.39 is 5.41 Å². The van der Waals surface area contributed by atoms with Gasteiger partial charge in [0.1, 0.15) is 11.9 Å². The van der Waals surface area contributed by atoms with Crippen molar-refractivity contribution < 1.29 is 24.5 Å². The lowest BCUT2D eigenvalue weighted by molar-refractivity contribution is -0.218. The Balaban J connectivity index is 1.81. The van der Waals surface area contributed by atoms with Gasteiger partial charge in [-0.2, -0.15) is 0 Å². The zero-order valence-corrected chi connectivity index (χ0v) is 16.7. The van der Waals surface area contributed by atoms with E-state index in [-0.39, 0.29) is 59.2 Å². The molecule has 27 heavy (non-hydrogen) atoms. The van der Waals surface area contributed by atoms with Gasteiger partial charge in [-0.15, -0.1) is 0 Å². The zero-order chi connectivity index (χ0) is 19.7. The summed E-state index contributed by atoms with van der Waals surface area (Å²) in [6.45, 7) is 5.78. The Bertz CT molecular complexity index is 701. The number of aliphatic hydroxyl groups is 2. The number of esters is 1. The minimum atomic E-state index is -0.717. The maximum Gasteiger partial charge on any atom is 0.302 e. The number of aliphatic hydroxyl groups excluding tert-OH is 2. The van der Waals surface area contributed by atoms with Crippen LogP contribution in [-0.4, -0.2) is 41.3 Å². The molecule has 0 aromatic rings. The fourth-order valence-electron chi connectivity index (χ4n) is 7.47. The Labute approximate surface area is 161 Å². The highest BCUT2D eigenvalue weighted by molar-refractivity contribution is 5.89. The molecular formula is C22H32O5. The number of carbonyl (C=O) groups excluding carboxylic acids is 2. The highest BCUT2D eigenvalue weighted by Crippen LogP contribution is 2.71. The average molecular weight is 376 g/mol. The SMILES string of the molecule is CC(=O)O[C@H]1CC[C@](C)(CO)[C@H]2CC[C@]34C=C[C@](CO)(C3)C(=O)C[C@H]4[C@]12C. The smallest absolute Gasteiger partial charge is 0.302 e. The molecule has 4 rings (SSSR count). The van der Waals surface area contributed by atoms with E-state index in [1.165, 1.54) is 6.92 Å². The molecule has 150 valence electrons. The summed E-state index contributed by atoms with van der Waals surface area (Å²) in [4.78, 5) is 24.9. The van der Waals surface area contributed by atoms with Gasteiger partial charge in [0.05, 0.1) is 12.0 Å². The fraction of sp³-hybridized carbons (Fsp3) is 0.818. The molecule has 0 aromatic heterocycles. The van der Waals surface area contributed by atoms with Gasteiger partial charge < -0.3 is 14.9 Å². The number of carbonyl (C=O) groups is 2. The first-order chi connectivity index (χ1) is 12.7. The van der Waals surface area contributed by atoms with Crippen molar-refractivity contribution >= 4 is 11.8 Å². The molecule has 4 aliphatic rings. The van der Waals surface area contributed by atoms with Gasteiger partial charge in [-0.3, -0.25) is 9.59 Å². The summed E-state index contributed by atoms with van der Waals surface area (Å²) in [6.07, 6.45) is 8.46. The second kappa shape index (κ2) is 5.90. The molecule has 0 amide bonds. The predicted octanol–water partition coefficient (Wildman–Crippen LogP) is 2.64. The van der Waals surface area contributed by atoms with Crippen LogP contribution in [0.1, 0.15) is 59.3 Å². The van der Waals surface area contributed by atoms with Crippen LogP contribution in [0.2, 0.25) is 0 Å². The van der Waals surface area contributed by atoms with E-state index in [0.717, 1.165) is 25.7 Å². The number of hydrogen-bond donors (Lipinski definition) is 2. The minimum Gasteiger partial charge on any atom is -0.462 e. The second-order valence-electron chi connectivity index (χ2n) is 10.1. The molecule has 4 aliphatic carbocycles. The van der Waals surface area contributed by atoms with Gasteiger partial charge in [-0.1, -0.05) is 26.0 Å². The number of fused-ring (bicyclic) bond motifs is 3. The van der Waals surface area contributed by atoms with E-state index in [1.807, 2.05) is 6.08 Å². The summed E-state index contributed by atoms with van der Waals surface area (Å²) < 4.78 is 5.83. The quantitative estimate of drug-likeness (QED) is 0.584. The van der Waals surface area contributed by atoms with E-state index in [4.69, 9.17) is 4.74 Å². The lowest BCUT2D eigenvalue weighted by Gasteiger charge is -2.65. The van der Waals surface area contributed by atoms with E-state index in [9.17, 15) is 19.8 Å². The third kappa shape index (κ3) is 2.37. The molecule has 0 aromatic carbocycles. The molecule has 5 nitrogen and oxygen atoms in total. The molecule has 7 atom stereocenters. The number of hydrogen-bond acceptors (Lipinski definition) is 5. The van der Waals surface area contributed by atoms with Gasteiger partial charge in [-0.05, 0) is 54.8 Å². The first-order valence-electron chi connectivity index (χ1n) is 10.3. The first-order valence-corrected chi connectivity index (χ1v) is 10.3. The molecule has 1 spiro atoms. The van der Waals surface area contributed by atoms with Crippen molar-refractivity contribution in [3.05, 3.63) is 12.2 Å². The standard InChI is InChI=1S/C22H32O5/c1-14(25)27-18-5-6-19(2,12-23)15-4-7-21-8-9-22(11-21,13-24)17(26)10-16(21)20(15,18)3/h8-9,15-16,18,23-24H,4-7,10-13H2,1-3H3/t15-,16+,18+,19-,20-,21+,22-/m1/s1. The largest absolute Gasteiger partial charge is 0.462 e. The molecule has 2 bridgehead atoms. The third-order valence-electron chi connectivity index (χ3n) is 8.88. The Morgan fingerprint density at radius 1 is 1.15 bits per heavy atom. The molecule has 3 fully saturated rings. The van der Waals surface area contributed by atoms with Gasteiger partial charge in [0.25, 0.3) is 0 Å². The van der Waals surface area contributed by atoms with Crippen LogP contribution in [0.4, 0.5) is 0 Å². The topological polar surface area (TPSA) is 83.8 Å². The molecule has 3 saturated carbocycles. The summed E-state index contributed by atoms with van der Waals surface area (Å²) >= 11 is 0. The number of Topliss-reactive ketones (excluding diaryl/α,β-unsaturated/α-hetero) is 1. The van der Waals surface area contributed by atoms with Gasteiger partial charge in [0, 0.05) is 25.4 Å². The fourth-order valence-corrected chi connectivity index (χ4v) is 7.47. The third-order valence-corrected chi connectivity index (χ3v) is 8.88. The second-order valence-corrected chi connectivity index (χ2v) is 10.1. The van der Waals surface area contributed by atoms with Crippen molar-refractivity contribution in [3.8, 4) is 0 Å². The molecule has 0 heterocycles.